The first-order valence-electron chi connectivity index (χ1n) is 6.05. The fourth-order valence-corrected chi connectivity index (χ4v) is 1.73. The van der Waals surface area contributed by atoms with Crippen LogP contribution in [0.25, 0.3) is 0 Å². The molecule has 8 nitrogen and oxygen atoms in total. The lowest BCUT2D eigenvalue weighted by atomic mass is 10.3. The van der Waals surface area contributed by atoms with E-state index in [0.29, 0.717) is 11.6 Å². The van der Waals surface area contributed by atoms with E-state index in [4.69, 9.17) is 9.15 Å². The van der Waals surface area contributed by atoms with E-state index in [-0.39, 0.29) is 18.3 Å². The molecule has 0 saturated heterocycles. The van der Waals surface area contributed by atoms with E-state index in [2.05, 4.69) is 15.5 Å². The Morgan fingerprint density at radius 2 is 2.19 bits per heavy atom. The smallest absolute Gasteiger partial charge is 0.433 e. The highest BCUT2D eigenvalue weighted by molar-refractivity contribution is 5.89. The molecule has 2 heterocycles. The van der Waals surface area contributed by atoms with E-state index < -0.39 is 4.92 Å². The number of rotatable bonds is 3. The molecule has 0 spiro atoms. The number of para-hydroxylation sites is 2. The van der Waals surface area contributed by atoms with Gasteiger partial charge in [0.25, 0.3) is 0 Å². The molecule has 1 aliphatic heterocycles. The van der Waals surface area contributed by atoms with Gasteiger partial charge < -0.3 is 9.15 Å². The van der Waals surface area contributed by atoms with Crippen LogP contribution in [0, 0.1) is 10.1 Å². The van der Waals surface area contributed by atoms with E-state index in [0.717, 1.165) is 5.69 Å². The molecule has 0 atom stereocenters. The van der Waals surface area contributed by atoms with Gasteiger partial charge in [0.15, 0.2) is 11.6 Å². The van der Waals surface area contributed by atoms with Crippen molar-refractivity contribution in [2.75, 3.05) is 6.61 Å². The second-order valence-electron chi connectivity index (χ2n) is 4.12. The van der Waals surface area contributed by atoms with E-state index >= 15 is 0 Å². The number of aliphatic imine (C=N–C) groups is 1. The molecule has 3 rings (SSSR count). The molecule has 1 aromatic heterocycles. The van der Waals surface area contributed by atoms with Crippen LogP contribution in [-0.4, -0.2) is 23.6 Å². The van der Waals surface area contributed by atoms with E-state index in [1.807, 2.05) is 24.3 Å². The van der Waals surface area contributed by atoms with Gasteiger partial charge in [0.05, 0.1) is 12.3 Å². The molecule has 0 bridgehead atoms. The average Bonchev–Trinajstić information content (AvgIpc) is 2.96. The van der Waals surface area contributed by atoms with Crippen molar-refractivity contribution in [2.45, 2.75) is 0 Å². The lowest BCUT2D eigenvalue weighted by Gasteiger charge is -2.15. The minimum atomic E-state index is -0.610. The van der Waals surface area contributed by atoms with Crippen molar-refractivity contribution in [3.05, 3.63) is 52.3 Å². The van der Waals surface area contributed by atoms with Gasteiger partial charge in [-0.15, -0.1) is 0 Å². The number of nitrogens with one attached hydrogen (secondary N) is 1. The zero-order valence-electron chi connectivity index (χ0n) is 10.7. The molecule has 2 aromatic rings. The average molecular weight is 286 g/mol. The molecule has 1 aromatic carbocycles. The van der Waals surface area contributed by atoms with Crippen molar-refractivity contribution >= 4 is 23.6 Å². The van der Waals surface area contributed by atoms with Crippen molar-refractivity contribution in [1.82, 2.24) is 5.43 Å². The van der Waals surface area contributed by atoms with Crippen LogP contribution in [-0.2, 0) is 0 Å². The van der Waals surface area contributed by atoms with Gasteiger partial charge in [-0.1, -0.05) is 12.1 Å². The molecule has 0 fully saturated rings. The zero-order valence-corrected chi connectivity index (χ0v) is 10.7. The van der Waals surface area contributed by atoms with Crippen LogP contribution < -0.4 is 10.2 Å². The molecule has 106 valence electrons. The number of nitro groups is 1. The molecule has 0 radical (unpaired) electrons. The van der Waals surface area contributed by atoms with Crippen LogP contribution >= 0.6 is 0 Å². The van der Waals surface area contributed by atoms with Crippen molar-refractivity contribution in [1.29, 1.82) is 0 Å². The largest absolute Gasteiger partial charge is 0.483 e. The monoisotopic (exact) mass is 286 g/mol. The predicted octanol–water partition coefficient (Wildman–Crippen LogP) is 2.23. The second kappa shape index (κ2) is 5.45. The van der Waals surface area contributed by atoms with E-state index in [1.165, 1.54) is 18.3 Å². The number of benzene rings is 1. The van der Waals surface area contributed by atoms with Gasteiger partial charge in [0, 0.05) is 0 Å². The minimum absolute atomic E-state index is 0.270. The normalized spacial score (nSPS) is 13.4. The molecule has 21 heavy (non-hydrogen) atoms. The molecule has 1 aliphatic rings. The molecule has 0 saturated carbocycles. The number of ether oxygens (including phenoxy) is 1. The number of amidine groups is 1. The molecule has 0 aliphatic carbocycles. The quantitative estimate of drug-likeness (QED) is 0.529. The predicted molar refractivity (Wildman–Crippen MR) is 75.1 cm³/mol. The lowest BCUT2D eigenvalue weighted by molar-refractivity contribution is -0.402. The third-order valence-corrected chi connectivity index (χ3v) is 2.66. The highest BCUT2D eigenvalue weighted by Gasteiger charge is 2.12. The Kier molecular flexibility index (Phi) is 3.34. The number of furan rings is 1. The highest BCUT2D eigenvalue weighted by atomic mass is 16.6. The fourth-order valence-electron chi connectivity index (χ4n) is 1.73. The summed E-state index contributed by atoms with van der Waals surface area (Å²) in [4.78, 5) is 14.2. The van der Waals surface area contributed by atoms with Gasteiger partial charge in [-0.05, 0) is 18.2 Å². The van der Waals surface area contributed by atoms with Gasteiger partial charge >= 0.3 is 5.88 Å². The lowest BCUT2D eigenvalue weighted by Crippen LogP contribution is -2.27. The Morgan fingerprint density at radius 3 is 3.00 bits per heavy atom. The highest BCUT2D eigenvalue weighted by Crippen LogP contribution is 2.29. The maximum absolute atomic E-state index is 10.5. The van der Waals surface area contributed by atoms with Crippen LogP contribution in [0.5, 0.6) is 5.75 Å². The maximum Gasteiger partial charge on any atom is 0.433 e. The number of hydrogen-bond acceptors (Lipinski definition) is 7. The number of hydrogen-bond donors (Lipinski definition) is 1. The third-order valence-electron chi connectivity index (χ3n) is 2.66. The van der Waals surface area contributed by atoms with Crippen molar-refractivity contribution in [3.63, 3.8) is 0 Å². The summed E-state index contributed by atoms with van der Waals surface area (Å²) in [6.45, 7) is 0.270. The Labute approximate surface area is 118 Å². The van der Waals surface area contributed by atoms with Crippen molar-refractivity contribution < 1.29 is 14.1 Å². The summed E-state index contributed by atoms with van der Waals surface area (Å²) in [6.07, 6.45) is 1.33. The summed E-state index contributed by atoms with van der Waals surface area (Å²) in [7, 11) is 0. The Morgan fingerprint density at radius 1 is 1.33 bits per heavy atom. The van der Waals surface area contributed by atoms with Gasteiger partial charge in [0.1, 0.15) is 23.0 Å². The van der Waals surface area contributed by atoms with Gasteiger partial charge in [-0.25, -0.2) is 4.99 Å². The fraction of sp³-hybridized carbons (Fsp3) is 0.0769. The van der Waals surface area contributed by atoms with Crippen LogP contribution in [0.1, 0.15) is 5.76 Å². The number of nitrogens with zero attached hydrogens (tertiary/aromatic N) is 3. The summed E-state index contributed by atoms with van der Waals surface area (Å²) >= 11 is 0. The Bertz CT molecular complexity index is 735. The van der Waals surface area contributed by atoms with Gasteiger partial charge in [-0.3, -0.25) is 15.5 Å². The molecule has 1 N–H and O–H groups in total. The van der Waals surface area contributed by atoms with E-state index in [1.54, 1.807) is 0 Å². The zero-order chi connectivity index (χ0) is 14.7. The third kappa shape index (κ3) is 2.89. The molecular formula is C13H10N4O4. The first-order valence-corrected chi connectivity index (χ1v) is 6.05. The van der Waals surface area contributed by atoms with Crippen molar-refractivity contribution in [3.8, 4) is 5.75 Å². The summed E-state index contributed by atoms with van der Waals surface area (Å²) in [5, 5.41) is 14.4. The second-order valence-corrected chi connectivity index (χ2v) is 4.12. The maximum atomic E-state index is 10.5. The van der Waals surface area contributed by atoms with Crippen LogP contribution in [0.15, 0.2) is 50.9 Å². The molecule has 0 amide bonds. The van der Waals surface area contributed by atoms with Crippen LogP contribution in [0.4, 0.5) is 11.6 Å². The SMILES string of the molecule is O=[N+]([O-])c1ccc(/C=N/NC2=Nc3ccccc3OC2)o1. The Hall–Kier alpha value is -3.16. The Balaban J connectivity index is 1.66. The summed E-state index contributed by atoms with van der Waals surface area (Å²) < 4.78 is 10.4. The molecule has 0 unspecified atom stereocenters. The first kappa shape index (κ1) is 12.9. The van der Waals surface area contributed by atoms with Gasteiger partial charge in [0.2, 0.25) is 0 Å². The molecule has 8 heteroatoms. The summed E-state index contributed by atoms with van der Waals surface area (Å²) in [6, 6.07) is 10.1. The van der Waals surface area contributed by atoms with Crippen molar-refractivity contribution in [2.24, 2.45) is 10.1 Å². The number of fused-ring (bicyclic) bond motifs is 1. The standard InChI is InChI=1S/C13H10N4O4/c18-17(19)13-6-5-9(21-13)7-14-16-12-8-20-11-4-2-1-3-10(11)15-12/h1-7H,8H2,(H,15,16)/b14-7+. The van der Waals surface area contributed by atoms with Crippen LogP contribution in [0.2, 0.25) is 0 Å². The number of hydrazone groups is 1. The first-order chi connectivity index (χ1) is 10.2. The molecular weight excluding hydrogens is 276 g/mol. The van der Waals surface area contributed by atoms with Gasteiger partial charge in [-0.2, -0.15) is 5.10 Å². The van der Waals surface area contributed by atoms with E-state index in [9.17, 15) is 10.1 Å². The van der Waals surface area contributed by atoms with Crippen LogP contribution in [0.3, 0.4) is 0 Å². The summed E-state index contributed by atoms with van der Waals surface area (Å²) in [5.74, 6) is 1.19. The summed E-state index contributed by atoms with van der Waals surface area (Å²) in [5.41, 5.74) is 3.43. The minimum Gasteiger partial charge on any atom is -0.483 e. The topological polar surface area (TPSA) is 102 Å².